The standard InChI is InChI=1S/C11H14O5S/c1-3-10(11(12)13)16-17(14,15)9-6-4-8(2)5-7-9/h4-7,10H,3H2,1-2H3,(H,12,13)/t10-/m0/s1. The van der Waals surface area contributed by atoms with E-state index in [4.69, 9.17) is 5.11 Å². The van der Waals surface area contributed by atoms with Crippen LogP contribution in [0.25, 0.3) is 0 Å². The van der Waals surface area contributed by atoms with Crippen LogP contribution in [0.3, 0.4) is 0 Å². The summed E-state index contributed by atoms with van der Waals surface area (Å²) < 4.78 is 28.1. The van der Waals surface area contributed by atoms with Crippen molar-refractivity contribution in [3.63, 3.8) is 0 Å². The molecule has 17 heavy (non-hydrogen) atoms. The molecule has 1 aromatic rings. The molecule has 6 heteroatoms. The summed E-state index contributed by atoms with van der Waals surface area (Å²) >= 11 is 0. The van der Waals surface area contributed by atoms with Gasteiger partial charge in [-0.25, -0.2) is 4.79 Å². The van der Waals surface area contributed by atoms with Gasteiger partial charge in [-0.2, -0.15) is 8.42 Å². The highest BCUT2D eigenvalue weighted by atomic mass is 32.2. The summed E-state index contributed by atoms with van der Waals surface area (Å²) in [7, 11) is -4.01. The van der Waals surface area contributed by atoms with Crippen molar-refractivity contribution in [1.82, 2.24) is 0 Å². The third-order valence-corrected chi connectivity index (χ3v) is 3.53. The van der Waals surface area contributed by atoms with Crippen LogP contribution in [0, 0.1) is 6.92 Å². The van der Waals surface area contributed by atoms with E-state index in [9.17, 15) is 13.2 Å². The van der Waals surface area contributed by atoms with Crippen molar-refractivity contribution in [3.05, 3.63) is 29.8 Å². The van der Waals surface area contributed by atoms with Crippen LogP contribution in [0.15, 0.2) is 29.2 Å². The van der Waals surface area contributed by atoms with Gasteiger partial charge in [0.2, 0.25) is 0 Å². The summed E-state index contributed by atoms with van der Waals surface area (Å²) in [6, 6.07) is 6.02. The Hall–Kier alpha value is -1.40. The summed E-state index contributed by atoms with van der Waals surface area (Å²) in [6.45, 7) is 3.37. The van der Waals surface area contributed by atoms with Gasteiger partial charge in [-0.1, -0.05) is 24.6 Å². The number of carboxylic acids is 1. The third kappa shape index (κ3) is 3.54. The van der Waals surface area contributed by atoms with Gasteiger partial charge in [-0.3, -0.25) is 4.18 Å². The van der Waals surface area contributed by atoms with Crippen molar-refractivity contribution in [3.8, 4) is 0 Å². The first-order valence-corrected chi connectivity index (χ1v) is 6.50. The monoisotopic (exact) mass is 258 g/mol. The van der Waals surface area contributed by atoms with Gasteiger partial charge in [0.05, 0.1) is 4.90 Å². The maximum atomic E-state index is 11.7. The molecule has 1 atom stereocenters. The molecule has 0 bridgehead atoms. The van der Waals surface area contributed by atoms with E-state index >= 15 is 0 Å². The summed E-state index contributed by atoms with van der Waals surface area (Å²) in [5.41, 5.74) is 0.911. The van der Waals surface area contributed by atoms with E-state index in [1.165, 1.54) is 12.1 Å². The van der Waals surface area contributed by atoms with Crippen LogP contribution in [0.5, 0.6) is 0 Å². The van der Waals surface area contributed by atoms with Crippen molar-refractivity contribution in [2.75, 3.05) is 0 Å². The first-order valence-electron chi connectivity index (χ1n) is 5.09. The zero-order valence-corrected chi connectivity index (χ0v) is 10.4. The molecule has 94 valence electrons. The predicted molar refractivity (Wildman–Crippen MR) is 61.2 cm³/mol. The highest BCUT2D eigenvalue weighted by Crippen LogP contribution is 2.16. The predicted octanol–water partition coefficient (Wildman–Crippen LogP) is 1.56. The Balaban J connectivity index is 2.96. The number of hydrogen-bond donors (Lipinski definition) is 1. The zero-order valence-electron chi connectivity index (χ0n) is 9.58. The van der Waals surface area contributed by atoms with E-state index in [1.54, 1.807) is 19.1 Å². The fourth-order valence-corrected chi connectivity index (χ4v) is 2.30. The molecule has 0 aliphatic carbocycles. The van der Waals surface area contributed by atoms with Crippen LogP contribution >= 0.6 is 0 Å². The van der Waals surface area contributed by atoms with Crippen LogP contribution in [0.1, 0.15) is 18.9 Å². The van der Waals surface area contributed by atoms with E-state index in [2.05, 4.69) is 4.18 Å². The Bertz CT molecular complexity index is 489. The maximum Gasteiger partial charge on any atom is 0.334 e. The van der Waals surface area contributed by atoms with Crippen LogP contribution in [0.4, 0.5) is 0 Å². The van der Waals surface area contributed by atoms with E-state index in [1.807, 2.05) is 6.92 Å². The molecule has 0 aliphatic rings. The molecule has 0 heterocycles. The zero-order chi connectivity index (χ0) is 13.1. The fourth-order valence-electron chi connectivity index (χ4n) is 1.20. The third-order valence-electron chi connectivity index (χ3n) is 2.20. The van der Waals surface area contributed by atoms with Gasteiger partial charge in [0, 0.05) is 0 Å². The molecule has 0 unspecified atom stereocenters. The summed E-state index contributed by atoms with van der Waals surface area (Å²) in [5.74, 6) is -1.29. The van der Waals surface area contributed by atoms with Crippen LogP contribution in [-0.2, 0) is 19.1 Å². The Morgan fingerprint density at radius 3 is 2.29 bits per heavy atom. The molecule has 1 N–H and O–H groups in total. The quantitative estimate of drug-likeness (QED) is 0.811. The van der Waals surface area contributed by atoms with Crippen LogP contribution in [-0.4, -0.2) is 25.6 Å². The van der Waals surface area contributed by atoms with Crippen LogP contribution in [0.2, 0.25) is 0 Å². The molecule has 0 aromatic heterocycles. The first kappa shape index (κ1) is 13.7. The van der Waals surface area contributed by atoms with Crippen molar-refractivity contribution in [1.29, 1.82) is 0 Å². The van der Waals surface area contributed by atoms with E-state index < -0.39 is 22.2 Å². The largest absolute Gasteiger partial charge is 0.479 e. The first-order chi connectivity index (χ1) is 7.86. The van der Waals surface area contributed by atoms with E-state index in [0.717, 1.165) is 5.56 Å². The number of rotatable bonds is 5. The number of aryl methyl sites for hydroxylation is 1. The summed E-state index contributed by atoms with van der Waals surface area (Å²) in [6.07, 6.45) is -1.26. The maximum absolute atomic E-state index is 11.7. The lowest BCUT2D eigenvalue weighted by Gasteiger charge is -2.11. The normalized spacial score (nSPS) is 13.3. The Morgan fingerprint density at radius 2 is 1.88 bits per heavy atom. The number of aliphatic carboxylic acids is 1. The van der Waals surface area contributed by atoms with Gasteiger partial charge in [-0.05, 0) is 25.5 Å². The molecule has 0 fully saturated rings. The van der Waals surface area contributed by atoms with Crippen molar-refractivity contribution >= 4 is 16.1 Å². The van der Waals surface area contributed by atoms with Gasteiger partial charge in [-0.15, -0.1) is 0 Å². The van der Waals surface area contributed by atoms with Gasteiger partial charge in [0.15, 0.2) is 6.10 Å². The van der Waals surface area contributed by atoms with Crippen LogP contribution < -0.4 is 0 Å². The van der Waals surface area contributed by atoms with Gasteiger partial charge in [0.1, 0.15) is 0 Å². The topological polar surface area (TPSA) is 80.7 Å². The second kappa shape index (κ2) is 5.29. The molecule has 0 saturated carbocycles. The second-order valence-electron chi connectivity index (χ2n) is 3.60. The minimum Gasteiger partial charge on any atom is -0.479 e. The van der Waals surface area contributed by atoms with E-state index in [0.29, 0.717) is 0 Å². The average Bonchev–Trinajstić information content (AvgIpc) is 2.26. The lowest BCUT2D eigenvalue weighted by molar-refractivity contribution is -0.145. The molecule has 0 radical (unpaired) electrons. The molecule has 0 saturated heterocycles. The average molecular weight is 258 g/mol. The summed E-state index contributed by atoms with van der Waals surface area (Å²) in [5, 5.41) is 8.74. The second-order valence-corrected chi connectivity index (χ2v) is 5.17. The molecule has 0 aliphatic heterocycles. The fraction of sp³-hybridized carbons (Fsp3) is 0.364. The molecule has 0 spiro atoms. The highest BCUT2D eigenvalue weighted by Gasteiger charge is 2.25. The molecular formula is C11H14O5S. The Morgan fingerprint density at radius 1 is 1.35 bits per heavy atom. The SMILES string of the molecule is CC[C@H](OS(=O)(=O)c1ccc(C)cc1)C(=O)O. The molecule has 5 nitrogen and oxygen atoms in total. The number of carboxylic acid groups (broad SMARTS) is 1. The molecule has 1 aromatic carbocycles. The summed E-state index contributed by atoms with van der Waals surface area (Å²) in [4.78, 5) is 10.7. The van der Waals surface area contributed by atoms with Crippen molar-refractivity contribution < 1.29 is 22.5 Å². The van der Waals surface area contributed by atoms with Gasteiger partial charge in [0.25, 0.3) is 10.1 Å². The number of benzene rings is 1. The van der Waals surface area contributed by atoms with E-state index in [-0.39, 0.29) is 11.3 Å². The smallest absolute Gasteiger partial charge is 0.334 e. The van der Waals surface area contributed by atoms with Gasteiger partial charge < -0.3 is 5.11 Å². The molecule has 0 amide bonds. The van der Waals surface area contributed by atoms with Crippen molar-refractivity contribution in [2.45, 2.75) is 31.3 Å². The highest BCUT2D eigenvalue weighted by molar-refractivity contribution is 7.86. The molecular weight excluding hydrogens is 244 g/mol. The lowest BCUT2D eigenvalue weighted by Crippen LogP contribution is -2.26. The minimum absolute atomic E-state index is 0.0391. The number of hydrogen-bond acceptors (Lipinski definition) is 4. The minimum atomic E-state index is -4.01. The molecule has 1 rings (SSSR count). The Kier molecular flexibility index (Phi) is 4.25. The lowest BCUT2D eigenvalue weighted by atomic mass is 10.2. The number of carbonyl (C=O) groups is 1. The van der Waals surface area contributed by atoms with Gasteiger partial charge >= 0.3 is 5.97 Å². The van der Waals surface area contributed by atoms with Crippen molar-refractivity contribution in [2.24, 2.45) is 0 Å². The Labute approximate surface area is 100 Å².